The van der Waals surface area contributed by atoms with Crippen LogP contribution >= 0.6 is 0 Å². The lowest BCUT2D eigenvalue weighted by molar-refractivity contribution is 0.346. The molecule has 0 unspecified atom stereocenters. The summed E-state index contributed by atoms with van der Waals surface area (Å²) in [5.41, 5.74) is 3.59. The van der Waals surface area contributed by atoms with E-state index in [2.05, 4.69) is 47.8 Å². The van der Waals surface area contributed by atoms with Crippen LogP contribution in [0.2, 0.25) is 0 Å². The van der Waals surface area contributed by atoms with E-state index in [0.717, 1.165) is 18.1 Å². The van der Waals surface area contributed by atoms with Gasteiger partial charge >= 0.3 is 0 Å². The molecule has 1 aliphatic rings. The minimum absolute atomic E-state index is 0.705. The molecule has 3 heteroatoms. The first kappa shape index (κ1) is 9.46. The van der Waals surface area contributed by atoms with Crippen molar-refractivity contribution in [1.29, 1.82) is 0 Å². The average Bonchev–Trinajstić information content (AvgIpc) is 2.89. The quantitative estimate of drug-likeness (QED) is 0.715. The van der Waals surface area contributed by atoms with E-state index >= 15 is 0 Å². The molecule has 2 aromatic rings. The van der Waals surface area contributed by atoms with Crippen LogP contribution in [0.4, 0.5) is 0 Å². The van der Waals surface area contributed by atoms with Gasteiger partial charge < -0.3 is 9.30 Å². The van der Waals surface area contributed by atoms with Gasteiger partial charge in [0.25, 0.3) is 0 Å². The lowest BCUT2D eigenvalue weighted by Crippen LogP contribution is -2.08. The Labute approximate surface area is 94.4 Å². The van der Waals surface area contributed by atoms with Crippen molar-refractivity contribution in [3.05, 3.63) is 35.5 Å². The zero-order valence-corrected chi connectivity index (χ0v) is 9.53. The summed E-state index contributed by atoms with van der Waals surface area (Å²) in [5.74, 6) is 0.788. The molecule has 0 bridgehead atoms. The highest BCUT2D eigenvalue weighted by Crippen LogP contribution is 2.25. The van der Waals surface area contributed by atoms with Crippen LogP contribution in [-0.2, 0) is 11.8 Å². The Bertz CT molecular complexity index is 542. The highest BCUT2D eigenvalue weighted by atomic mass is 16.5. The molecular weight excluding hydrogens is 200 g/mol. The zero-order chi connectivity index (χ0) is 11.1. The van der Waals surface area contributed by atoms with Gasteiger partial charge in [-0.3, -0.25) is 0 Å². The van der Waals surface area contributed by atoms with Gasteiger partial charge in [-0.15, -0.1) is 0 Å². The number of para-hydroxylation sites is 1. The summed E-state index contributed by atoms with van der Waals surface area (Å²) in [6.45, 7) is 3.61. The van der Waals surface area contributed by atoms with E-state index in [1.807, 2.05) is 0 Å². The first-order valence-electron chi connectivity index (χ1n) is 5.50. The maximum atomic E-state index is 5.56. The van der Waals surface area contributed by atoms with E-state index in [4.69, 9.17) is 4.74 Å². The number of nitrogens with zero attached hydrogens (tertiary/aromatic N) is 2. The number of hydrogen-bond acceptors (Lipinski definition) is 2. The van der Waals surface area contributed by atoms with Crippen LogP contribution in [0, 0.1) is 6.92 Å². The Kier molecular flexibility index (Phi) is 1.99. The minimum atomic E-state index is 0.705. The van der Waals surface area contributed by atoms with E-state index in [-0.39, 0.29) is 0 Å². The molecule has 16 heavy (non-hydrogen) atoms. The molecule has 0 spiro atoms. The maximum Gasteiger partial charge on any atom is 0.233 e. The second-order valence-corrected chi connectivity index (χ2v) is 4.09. The van der Waals surface area contributed by atoms with Crippen molar-refractivity contribution < 1.29 is 4.74 Å². The molecular formula is C13H14N2O. The van der Waals surface area contributed by atoms with E-state index in [0.29, 0.717) is 6.61 Å². The number of hydrogen-bond donors (Lipinski definition) is 0. The van der Waals surface area contributed by atoms with E-state index < -0.39 is 0 Å². The van der Waals surface area contributed by atoms with Gasteiger partial charge in [0, 0.05) is 18.0 Å². The zero-order valence-electron chi connectivity index (χ0n) is 9.53. The van der Waals surface area contributed by atoms with Gasteiger partial charge in [0.05, 0.1) is 6.54 Å². The van der Waals surface area contributed by atoms with Crippen LogP contribution in [0.25, 0.3) is 10.9 Å². The molecule has 0 fully saturated rings. The van der Waals surface area contributed by atoms with Gasteiger partial charge in [0.2, 0.25) is 5.90 Å². The summed E-state index contributed by atoms with van der Waals surface area (Å²) >= 11 is 0. The summed E-state index contributed by atoms with van der Waals surface area (Å²) in [4.78, 5) is 4.40. The fourth-order valence-electron chi connectivity index (χ4n) is 2.37. The van der Waals surface area contributed by atoms with Crippen molar-refractivity contribution >= 4 is 16.8 Å². The molecule has 0 atom stereocenters. The van der Waals surface area contributed by atoms with E-state index in [1.54, 1.807) is 0 Å². The molecule has 2 heterocycles. The molecule has 3 rings (SSSR count). The third-order valence-corrected chi connectivity index (χ3v) is 3.15. The molecule has 1 aliphatic heterocycles. The largest absolute Gasteiger partial charge is 0.474 e. The van der Waals surface area contributed by atoms with Crippen LogP contribution in [0.5, 0.6) is 0 Å². The second-order valence-electron chi connectivity index (χ2n) is 4.09. The lowest BCUT2D eigenvalue weighted by atomic mass is 10.1. The van der Waals surface area contributed by atoms with Crippen LogP contribution in [-0.4, -0.2) is 23.6 Å². The molecule has 0 radical (unpaired) electrons. The van der Waals surface area contributed by atoms with Crippen molar-refractivity contribution in [2.75, 3.05) is 13.2 Å². The smallest absolute Gasteiger partial charge is 0.233 e. The Balaban J connectivity index is 2.32. The van der Waals surface area contributed by atoms with Gasteiger partial charge in [-0.1, -0.05) is 18.2 Å². The molecule has 1 aromatic carbocycles. The Morgan fingerprint density at radius 1 is 1.31 bits per heavy atom. The Hall–Kier alpha value is -1.77. The minimum Gasteiger partial charge on any atom is -0.474 e. The summed E-state index contributed by atoms with van der Waals surface area (Å²) in [5, 5.41) is 1.28. The predicted octanol–water partition coefficient (Wildman–Crippen LogP) is 2.26. The van der Waals surface area contributed by atoms with Crippen molar-refractivity contribution in [3.63, 3.8) is 0 Å². The summed E-state index contributed by atoms with van der Waals surface area (Å²) < 4.78 is 7.72. The number of aryl methyl sites for hydroxylation is 2. The molecule has 3 nitrogen and oxygen atoms in total. The number of ether oxygens (including phenoxy) is 1. The highest BCUT2D eigenvalue weighted by molar-refractivity contribution is 6.01. The van der Waals surface area contributed by atoms with Crippen molar-refractivity contribution in [2.45, 2.75) is 6.92 Å². The number of benzene rings is 1. The number of aromatic nitrogens is 1. The first-order valence-corrected chi connectivity index (χ1v) is 5.50. The van der Waals surface area contributed by atoms with E-state index in [9.17, 15) is 0 Å². The van der Waals surface area contributed by atoms with Crippen LogP contribution < -0.4 is 0 Å². The molecule has 0 aliphatic carbocycles. The third kappa shape index (κ3) is 1.18. The van der Waals surface area contributed by atoms with Crippen molar-refractivity contribution in [1.82, 2.24) is 4.57 Å². The highest BCUT2D eigenvalue weighted by Gasteiger charge is 2.19. The summed E-state index contributed by atoms with van der Waals surface area (Å²) in [7, 11) is 2.06. The van der Waals surface area contributed by atoms with Crippen LogP contribution in [0.1, 0.15) is 11.3 Å². The third-order valence-electron chi connectivity index (χ3n) is 3.15. The van der Waals surface area contributed by atoms with Gasteiger partial charge in [-0.2, -0.15) is 0 Å². The second kappa shape index (κ2) is 3.37. The van der Waals surface area contributed by atoms with Crippen molar-refractivity contribution in [3.8, 4) is 0 Å². The molecule has 0 saturated heterocycles. The molecule has 1 aromatic heterocycles. The topological polar surface area (TPSA) is 26.5 Å². The molecule has 0 amide bonds. The summed E-state index contributed by atoms with van der Waals surface area (Å²) in [6, 6.07) is 8.39. The lowest BCUT2D eigenvalue weighted by Gasteiger charge is -2.05. The SMILES string of the molecule is Cc1c(C2=NCCO2)n(C)c2ccccc12. The number of rotatable bonds is 1. The normalized spacial score (nSPS) is 15.2. The van der Waals surface area contributed by atoms with Crippen molar-refractivity contribution in [2.24, 2.45) is 12.0 Å². The number of aliphatic imine (C=N–C) groups is 1. The average molecular weight is 214 g/mol. The molecule has 0 N–H and O–H groups in total. The maximum absolute atomic E-state index is 5.56. The van der Waals surface area contributed by atoms with Crippen LogP contribution in [0.15, 0.2) is 29.3 Å². The fraction of sp³-hybridized carbons (Fsp3) is 0.308. The standard InChI is InChI=1S/C13H14N2O/c1-9-10-5-3-4-6-11(10)15(2)12(9)13-14-7-8-16-13/h3-6H,7-8H2,1-2H3. The van der Waals surface area contributed by atoms with Gasteiger partial charge in [-0.05, 0) is 18.6 Å². The first-order chi connectivity index (χ1) is 7.79. The Morgan fingerprint density at radius 3 is 2.81 bits per heavy atom. The molecule has 82 valence electrons. The monoisotopic (exact) mass is 214 g/mol. The van der Waals surface area contributed by atoms with Gasteiger partial charge in [0.15, 0.2) is 0 Å². The van der Waals surface area contributed by atoms with Crippen LogP contribution in [0.3, 0.4) is 0 Å². The van der Waals surface area contributed by atoms with E-state index in [1.165, 1.54) is 16.5 Å². The van der Waals surface area contributed by atoms with Gasteiger partial charge in [0.1, 0.15) is 12.3 Å². The number of fused-ring (bicyclic) bond motifs is 1. The Morgan fingerprint density at radius 2 is 2.12 bits per heavy atom. The fourth-order valence-corrected chi connectivity index (χ4v) is 2.37. The molecule has 0 saturated carbocycles. The van der Waals surface area contributed by atoms with Gasteiger partial charge in [-0.25, -0.2) is 4.99 Å². The summed E-state index contributed by atoms with van der Waals surface area (Å²) in [6.07, 6.45) is 0. The predicted molar refractivity (Wildman–Crippen MR) is 65.0 cm³/mol.